The van der Waals surface area contributed by atoms with E-state index in [4.69, 9.17) is 11.6 Å². The number of benzene rings is 1. The predicted octanol–water partition coefficient (Wildman–Crippen LogP) is 1.60. The van der Waals surface area contributed by atoms with Crippen LogP contribution in [-0.2, 0) is 0 Å². The molecule has 0 spiro atoms. The van der Waals surface area contributed by atoms with Crippen molar-refractivity contribution in [2.45, 2.75) is 0 Å². The van der Waals surface area contributed by atoms with Crippen molar-refractivity contribution in [3.8, 4) is 11.5 Å². The normalized spacial score (nSPS) is 14.9. The molecular weight excluding hydrogens is 220 g/mol. The number of phenolic OH excluding ortho intramolecular Hbond substituents is 2. The Morgan fingerprint density at radius 1 is 1.13 bits per heavy atom. The number of carbonyl (C=O) groups excluding carboxylic acids is 2. The molecule has 15 heavy (non-hydrogen) atoms. The van der Waals surface area contributed by atoms with Gasteiger partial charge in [0, 0.05) is 11.6 Å². The van der Waals surface area contributed by atoms with Crippen molar-refractivity contribution in [3.05, 3.63) is 34.4 Å². The summed E-state index contributed by atoms with van der Waals surface area (Å²) in [5.74, 6) is -2.21. The minimum absolute atomic E-state index is 0.0414. The van der Waals surface area contributed by atoms with Gasteiger partial charge in [0.15, 0.2) is 17.3 Å². The molecule has 0 radical (unpaired) electrons. The first-order chi connectivity index (χ1) is 7.02. The van der Waals surface area contributed by atoms with Crippen LogP contribution in [-0.4, -0.2) is 21.8 Å². The van der Waals surface area contributed by atoms with Crippen LogP contribution in [0.5, 0.6) is 11.5 Å². The van der Waals surface area contributed by atoms with Gasteiger partial charge in [-0.2, -0.15) is 0 Å². The van der Waals surface area contributed by atoms with E-state index in [1.54, 1.807) is 0 Å². The van der Waals surface area contributed by atoms with Gasteiger partial charge in [-0.15, -0.1) is 0 Å². The van der Waals surface area contributed by atoms with Crippen LogP contribution in [0.25, 0.3) is 0 Å². The molecule has 1 aromatic rings. The molecule has 2 rings (SSSR count). The Morgan fingerprint density at radius 3 is 2.47 bits per heavy atom. The van der Waals surface area contributed by atoms with E-state index in [1.807, 2.05) is 0 Å². The number of carbonyl (C=O) groups is 2. The maximum atomic E-state index is 11.5. The van der Waals surface area contributed by atoms with Crippen LogP contribution >= 0.6 is 11.6 Å². The fourth-order valence-electron chi connectivity index (χ4n) is 1.39. The van der Waals surface area contributed by atoms with Crippen LogP contribution in [0.15, 0.2) is 23.2 Å². The number of fused-ring (bicyclic) bond motifs is 1. The first-order valence-electron chi connectivity index (χ1n) is 4.03. The van der Waals surface area contributed by atoms with Crippen LogP contribution < -0.4 is 0 Å². The van der Waals surface area contributed by atoms with Gasteiger partial charge in [-0.25, -0.2) is 0 Å². The number of hydrogen-bond acceptors (Lipinski definition) is 4. The smallest absolute Gasteiger partial charge is 0.209 e. The van der Waals surface area contributed by atoms with Gasteiger partial charge < -0.3 is 10.2 Å². The van der Waals surface area contributed by atoms with E-state index in [-0.39, 0.29) is 16.2 Å². The SMILES string of the molecule is O=C1C=C(Cl)C(=O)c2c1ccc(O)c2O. The number of aromatic hydroxyl groups is 2. The molecular formula is C10H5ClO4. The fourth-order valence-corrected chi connectivity index (χ4v) is 1.59. The lowest BCUT2D eigenvalue weighted by Gasteiger charge is -2.13. The molecule has 1 aliphatic rings. The quantitative estimate of drug-likeness (QED) is 0.657. The third-order valence-electron chi connectivity index (χ3n) is 2.12. The maximum Gasteiger partial charge on any atom is 0.209 e. The summed E-state index contributed by atoms with van der Waals surface area (Å²) < 4.78 is 0. The van der Waals surface area contributed by atoms with Crippen molar-refractivity contribution in [2.75, 3.05) is 0 Å². The number of halogens is 1. The highest BCUT2D eigenvalue weighted by molar-refractivity contribution is 6.49. The number of ketones is 2. The zero-order valence-corrected chi connectivity index (χ0v) is 8.08. The maximum absolute atomic E-state index is 11.5. The van der Waals surface area contributed by atoms with E-state index in [1.165, 1.54) is 6.07 Å². The Bertz CT molecular complexity index is 516. The molecule has 2 N–H and O–H groups in total. The number of allylic oxidation sites excluding steroid dienone is 2. The second-order valence-corrected chi connectivity index (χ2v) is 3.45. The molecule has 0 aliphatic heterocycles. The standard InChI is InChI=1S/C10H5ClO4/c11-5-3-7(13)4-1-2-6(12)10(15)8(4)9(5)14/h1-3,12,15H. The van der Waals surface area contributed by atoms with Crippen molar-refractivity contribution >= 4 is 23.2 Å². The van der Waals surface area contributed by atoms with E-state index in [9.17, 15) is 19.8 Å². The Labute approximate surface area is 89.4 Å². The van der Waals surface area contributed by atoms with Crippen LogP contribution in [0.3, 0.4) is 0 Å². The van der Waals surface area contributed by atoms with Crippen LogP contribution in [0.1, 0.15) is 20.7 Å². The Kier molecular flexibility index (Phi) is 2.01. The van der Waals surface area contributed by atoms with Crippen molar-refractivity contribution in [3.63, 3.8) is 0 Å². The Morgan fingerprint density at radius 2 is 1.80 bits per heavy atom. The average molecular weight is 225 g/mol. The summed E-state index contributed by atoms with van der Waals surface area (Å²) in [6.45, 7) is 0. The van der Waals surface area contributed by atoms with E-state index in [0.717, 1.165) is 12.1 Å². The first kappa shape index (κ1) is 9.73. The zero-order chi connectivity index (χ0) is 11.2. The van der Waals surface area contributed by atoms with Gasteiger partial charge in [0.2, 0.25) is 5.78 Å². The lowest BCUT2D eigenvalue weighted by Crippen LogP contribution is -2.14. The Hall–Kier alpha value is -1.81. The van der Waals surface area contributed by atoms with Crippen LogP contribution in [0.4, 0.5) is 0 Å². The van der Waals surface area contributed by atoms with E-state index in [0.29, 0.717) is 0 Å². The molecule has 0 heterocycles. The Balaban J connectivity index is 2.79. The highest BCUT2D eigenvalue weighted by Crippen LogP contribution is 2.36. The van der Waals surface area contributed by atoms with Gasteiger partial charge in [0.1, 0.15) is 0 Å². The first-order valence-corrected chi connectivity index (χ1v) is 4.41. The zero-order valence-electron chi connectivity index (χ0n) is 7.32. The predicted molar refractivity (Wildman–Crippen MR) is 52.4 cm³/mol. The minimum Gasteiger partial charge on any atom is -0.504 e. The second kappa shape index (κ2) is 3.10. The number of Topliss-reactive ketones (excluding diaryl/α,β-unsaturated/α-hetero) is 1. The topological polar surface area (TPSA) is 74.6 Å². The van der Waals surface area contributed by atoms with Gasteiger partial charge in [-0.3, -0.25) is 9.59 Å². The number of phenols is 2. The summed E-state index contributed by atoms with van der Waals surface area (Å²) >= 11 is 5.51. The van der Waals surface area contributed by atoms with Gasteiger partial charge in [-0.1, -0.05) is 11.6 Å². The highest BCUT2D eigenvalue weighted by Gasteiger charge is 2.28. The largest absolute Gasteiger partial charge is 0.504 e. The van der Waals surface area contributed by atoms with Crippen molar-refractivity contribution in [1.82, 2.24) is 0 Å². The molecule has 1 aliphatic carbocycles. The van der Waals surface area contributed by atoms with Gasteiger partial charge in [0.05, 0.1) is 10.6 Å². The molecule has 76 valence electrons. The molecule has 4 nitrogen and oxygen atoms in total. The second-order valence-electron chi connectivity index (χ2n) is 3.04. The third kappa shape index (κ3) is 1.30. The molecule has 0 unspecified atom stereocenters. The van der Waals surface area contributed by atoms with Crippen molar-refractivity contribution in [1.29, 1.82) is 0 Å². The lowest BCUT2D eigenvalue weighted by atomic mass is 9.93. The monoisotopic (exact) mass is 224 g/mol. The van der Waals surface area contributed by atoms with Crippen LogP contribution in [0, 0.1) is 0 Å². The number of hydrogen-bond donors (Lipinski definition) is 2. The average Bonchev–Trinajstić information content (AvgIpc) is 2.19. The molecule has 0 saturated carbocycles. The van der Waals surface area contributed by atoms with Gasteiger partial charge in [0.25, 0.3) is 0 Å². The molecule has 0 amide bonds. The molecule has 0 fully saturated rings. The molecule has 0 aromatic heterocycles. The van der Waals surface area contributed by atoms with E-state index >= 15 is 0 Å². The third-order valence-corrected chi connectivity index (χ3v) is 2.40. The lowest BCUT2D eigenvalue weighted by molar-refractivity contribution is 0.0987. The summed E-state index contributed by atoms with van der Waals surface area (Å²) in [4.78, 5) is 22.9. The fraction of sp³-hybridized carbons (Fsp3) is 0. The van der Waals surface area contributed by atoms with Crippen molar-refractivity contribution < 1.29 is 19.8 Å². The minimum atomic E-state index is -0.667. The van der Waals surface area contributed by atoms with E-state index in [2.05, 4.69) is 0 Å². The van der Waals surface area contributed by atoms with Crippen molar-refractivity contribution in [2.24, 2.45) is 0 Å². The van der Waals surface area contributed by atoms with Gasteiger partial charge in [-0.05, 0) is 12.1 Å². The van der Waals surface area contributed by atoms with Crippen LogP contribution in [0.2, 0.25) is 0 Å². The van der Waals surface area contributed by atoms with E-state index < -0.39 is 23.1 Å². The number of rotatable bonds is 0. The summed E-state index contributed by atoms with van der Waals surface area (Å²) in [6, 6.07) is 2.41. The summed E-state index contributed by atoms with van der Waals surface area (Å²) in [7, 11) is 0. The highest BCUT2D eigenvalue weighted by atomic mass is 35.5. The summed E-state index contributed by atoms with van der Waals surface area (Å²) in [5, 5.41) is 18.4. The molecule has 0 saturated heterocycles. The molecule has 5 heteroatoms. The summed E-state index contributed by atoms with van der Waals surface area (Å²) in [5.41, 5.74) is -0.202. The van der Waals surface area contributed by atoms with Gasteiger partial charge >= 0.3 is 0 Å². The molecule has 0 bridgehead atoms. The molecule has 0 atom stereocenters. The summed E-state index contributed by atoms with van der Waals surface area (Å²) in [6.07, 6.45) is 0.989. The molecule has 1 aromatic carbocycles.